The number of nitrogens with zero attached hydrogens (tertiary/aromatic N) is 2. The van der Waals surface area contributed by atoms with Gasteiger partial charge in [-0.2, -0.15) is 0 Å². The van der Waals surface area contributed by atoms with Gasteiger partial charge in [0.25, 0.3) is 11.8 Å². The highest BCUT2D eigenvalue weighted by atomic mass is 16.5. The van der Waals surface area contributed by atoms with E-state index in [0.29, 0.717) is 11.4 Å². The summed E-state index contributed by atoms with van der Waals surface area (Å²) in [5, 5.41) is 2.26. The third-order valence-electron chi connectivity index (χ3n) is 5.49. The second-order valence-electron chi connectivity index (χ2n) is 7.65. The van der Waals surface area contributed by atoms with Crippen molar-refractivity contribution in [3.63, 3.8) is 0 Å². The summed E-state index contributed by atoms with van der Waals surface area (Å²) in [5.74, 6) is -0.803. The SMILES string of the molecule is COc1ccc(N2C(=O)NC(=O)C(=Cc3cc(C)n(-c4ccc(C)cc4)c3C)C2=O)cc1. The summed E-state index contributed by atoms with van der Waals surface area (Å²) in [5.41, 5.74) is 4.96. The first-order valence-electron chi connectivity index (χ1n) is 10.1. The van der Waals surface area contributed by atoms with Gasteiger partial charge in [0.2, 0.25) is 0 Å². The summed E-state index contributed by atoms with van der Waals surface area (Å²) >= 11 is 0. The van der Waals surface area contributed by atoms with Crippen LogP contribution in [0.1, 0.15) is 22.5 Å². The first-order chi connectivity index (χ1) is 15.3. The smallest absolute Gasteiger partial charge is 0.335 e. The summed E-state index contributed by atoms with van der Waals surface area (Å²) in [6, 6.07) is 15.7. The van der Waals surface area contributed by atoms with Gasteiger partial charge < -0.3 is 9.30 Å². The molecule has 1 aromatic heterocycles. The third kappa shape index (κ3) is 3.69. The van der Waals surface area contributed by atoms with Crippen LogP contribution >= 0.6 is 0 Å². The number of hydrogen-bond acceptors (Lipinski definition) is 4. The van der Waals surface area contributed by atoms with Crippen LogP contribution in [0.4, 0.5) is 10.5 Å². The van der Waals surface area contributed by atoms with Gasteiger partial charge in [0.05, 0.1) is 12.8 Å². The Labute approximate surface area is 185 Å². The number of rotatable bonds is 4. The van der Waals surface area contributed by atoms with Gasteiger partial charge in [-0.05, 0) is 74.9 Å². The van der Waals surface area contributed by atoms with Crippen molar-refractivity contribution in [3.05, 3.63) is 82.7 Å². The van der Waals surface area contributed by atoms with Crippen molar-refractivity contribution in [2.24, 2.45) is 0 Å². The van der Waals surface area contributed by atoms with E-state index in [4.69, 9.17) is 4.74 Å². The van der Waals surface area contributed by atoms with Crippen molar-refractivity contribution in [1.29, 1.82) is 0 Å². The predicted octanol–water partition coefficient (Wildman–Crippen LogP) is 4.08. The molecule has 0 spiro atoms. The molecule has 0 radical (unpaired) electrons. The van der Waals surface area contributed by atoms with E-state index in [1.54, 1.807) is 24.3 Å². The van der Waals surface area contributed by atoms with Gasteiger partial charge in [-0.15, -0.1) is 0 Å². The zero-order chi connectivity index (χ0) is 23.0. The highest BCUT2D eigenvalue weighted by molar-refractivity contribution is 6.39. The average molecular weight is 429 g/mol. The molecule has 7 nitrogen and oxygen atoms in total. The molecule has 1 N–H and O–H groups in total. The Morgan fingerprint density at radius 1 is 0.875 bits per heavy atom. The zero-order valence-electron chi connectivity index (χ0n) is 18.3. The second-order valence-corrected chi connectivity index (χ2v) is 7.65. The molecule has 1 saturated heterocycles. The van der Waals surface area contributed by atoms with Crippen LogP contribution in [-0.2, 0) is 9.59 Å². The van der Waals surface area contributed by atoms with E-state index in [9.17, 15) is 14.4 Å². The van der Waals surface area contributed by atoms with E-state index in [1.165, 1.54) is 13.2 Å². The lowest BCUT2D eigenvalue weighted by Gasteiger charge is -2.26. The minimum atomic E-state index is -0.785. The number of methoxy groups -OCH3 is 1. The first kappa shape index (κ1) is 21.1. The van der Waals surface area contributed by atoms with Crippen LogP contribution in [0.25, 0.3) is 11.8 Å². The fourth-order valence-electron chi connectivity index (χ4n) is 3.80. The van der Waals surface area contributed by atoms with Crippen LogP contribution in [0.2, 0.25) is 0 Å². The number of benzene rings is 2. The number of aryl methyl sites for hydroxylation is 2. The van der Waals surface area contributed by atoms with Gasteiger partial charge in [-0.1, -0.05) is 17.7 Å². The molecule has 0 saturated carbocycles. The van der Waals surface area contributed by atoms with Crippen molar-refractivity contribution in [2.45, 2.75) is 20.8 Å². The Morgan fingerprint density at radius 3 is 2.12 bits per heavy atom. The minimum absolute atomic E-state index is 0.107. The maximum atomic E-state index is 13.2. The van der Waals surface area contributed by atoms with E-state index in [1.807, 2.05) is 51.1 Å². The number of aromatic nitrogens is 1. The van der Waals surface area contributed by atoms with Crippen LogP contribution in [0.3, 0.4) is 0 Å². The molecule has 2 aromatic carbocycles. The van der Waals surface area contributed by atoms with Gasteiger partial charge in [-0.25, -0.2) is 9.69 Å². The summed E-state index contributed by atoms with van der Waals surface area (Å²) in [6.07, 6.45) is 1.54. The number of amides is 4. The van der Waals surface area contributed by atoms with E-state index in [-0.39, 0.29) is 5.57 Å². The number of hydrogen-bond donors (Lipinski definition) is 1. The van der Waals surface area contributed by atoms with E-state index >= 15 is 0 Å². The number of imide groups is 2. The molecule has 32 heavy (non-hydrogen) atoms. The predicted molar refractivity (Wildman–Crippen MR) is 122 cm³/mol. The summed E-state index contributed by atoms with van der Waals surface area (Å²) < 4.78 is 7.18. The molecule has 1 fully saturated rings. The van der Waals surface area contributed by atoms with Crippen LogP contribution in [0.5, 0.6) is 5.75 Å². The first-order valence-corrected chi connectivity index (χ1v) is 10.1. The van der Waals surface area contributed by atoms with E-state index < -0.39 is 17.8 Å². The van der Waals surface area contributed by atoms with Crippen molar-refractivity contribution >= 4 is 29.6 Å². The summed E-state index contributed by atoms with van der Waals surface area (Å²) in [6.45, 7) is 5.92. The fraction of sp³-hybridized carbons (Fsp3) is 0.160. The maximum absolute atomic E-state index is 13.2. The Hall–Kier alpha value is -4.13. The van der Waals surface area contributed by atoms with Gasteiger partial charge in [0, 0.05) is 17.1 Å². The highest BCUT2D eigenvalue weighted by Gasteiger charge is 2.37. The fourth-order valence-corrected chi connectivity index (χ4v) is 3.80. The number of carbonyl (C=O) groups excluding carboxylic acids is 3. The van der Waals surface area contributed by atoms with Crippen molar-refractivity contribution in [3.8, 4) is 11.4 Å². The third-order valence-corrected chi connectivity index (χ3v) is 5.49. The topological polar surface area (TPSA) is 80.6 Å². The van der Waals surface area contributed by atoms with Crippen molar-refractivity contribution in [1.82, 2.24) is 9.88 Å². The number of anilines is 1. The average Bonchev–Trinajstić information content (AvgIpc) is 3.05. The van der Waals surface area contributed by atoms with Gasteiger partial charge in [0.15, 0.2) is 0 Å². The highest BCUT2D eigenvalue weighted by Crippen LogP contribution is 2.27. The molecular weight excluding hydrogens is 406 g/mol. The maximum Gasteiger partial charge on any atom is 0.335 e. The number of carbonyl (C=O) groups is 3. The number of nitrogens with one attached hydrogen (secondary N) is 1. The van der Waals surface area contributed by atoms with Gasteiger partial charge >= 0.3 is 6.03 Å². The lowest BCUT2D eigenvalue weighted by molar-refractivity contribution is -0.122. The number of urea groups is 1. The van der Waals surface area contributed by atoms with E-state index in [2.05, 4.69) is 9.88 Å². The summed E-state index contributed by atoms with van der Waals surface area (Å²) in [4.78, 5) is 39.1. The molecule has 4 amide bonds. The largest absolute Gasteiger partial charge is 0.497 e. The van der Waals surface area contributed by atoms with Gasteiger partial charge in [0.1, 0.15) is 11.3 Å². The number of barbiturate groups is 1. The normalized spacial score (nSPS) is 15.3. The van der Waals surface area contributed by atoms with Gasteiger partial charge in [-0.3, -0.25) is 14.9 Å². The molecule has 162 valence electrons. The molecule has 1 aliphatic heterocycles. The Kier molecular flexibility index (Phi) is 5.40. The Morgan fingerprint density at radius 2 is 1.50 bits per heavy atom. The molecule has 1 aliphatic rings. The molecule has 0 bridgehead atoms. The molecule has 0 atom stereocenters. The number of ether oxygens (including phenoxy) is 1. The van der Waals surface area contributed by atoms with Crippen molar-refractivity contribution < 1.29 is 19.1 Å². The molecular formula is C25H23N3O4. The van der Waals surface area contributed by atoms with Crippen LogP contribution < -0.4 is 15.0 Å². The quantitative estimate of drug-likeness (QED) is 0.501. The molecule has 3 aromatic rings. The summed E-state index contributed by atoms with van der Waals surface area (Å²) in [7, 11) is 1.53. The lowest BCUT2D eigenvalue weighted by atomic mass is 10.1. The zero-order valence-corrected chi connectivity index (χ0v) is 18.3. The van der Waals surface area contributed by atoms with Crippen molar-refractivity contribution in [2.75, 3.05) is 12.0 Å². The van der Waals surface area contributed by atoms with Crippen LogP contribution in [0.15, 0.2) is 60.2 Å². The molecule has 2 heterocycles. The Bertz CT molecular complexity index is 1250. The molecule has 0 unspecified atom stereocenters. The second kappa shape index (κ2) is 8.19. The Balaban J connectivity index is 1.73. The molecule has 4 rings (SSSR count). The van der Waals surface area contributed by atoms with Crippen LogP contribution in [-0.4, -0.2) is 29.5 Å². The standard InChI is InChI=1S/C25H23N3O4/c1-15-5-7-19(8-6-15)27-16(2)13-18(17(27)3)14-22-23(29)26-25(31)28(24(22)30)20-9-11-21(32-4)12-10-20/h5-14H,1-4H3,(H,26,29,31). The molecule has 7 heteroatoms. The minimum Gasteiger partial charge on any atom is -0.497 e. The monoisotopic (exact) mass is 429 g/mol. The molecule has 0 aliphatic carbocycles. The van der Waals surface area contributed by atoms with Crippen LogP contribution in [0, 0.1) is 20.8 Å². The lowest BCUT2D eigenvalue weighted by Crippen LogP contribution is -2.54. The van der Waals surface area contributed by atoms with E-state index in [0.717, 1.165) is 33.1 Å².